The molecule has 12 heavy (non-hydrogen) atoms. The van der Waals surface area contributed by atoms with E-state index in [0.717, 1.165) is 0 Å². The Kier molecular flexibility index (Phi) is 2.92. The molecule has 0 aliphatic rings. The van der Waals surface area contributed by atoms with Gasteiger partial charge in [0.15, 0.2) is 0 Å². The van der Waals surface area contributed by atoms with Gasteiger partial charge in [-0.3, -0.25) is 0 Å². The van der Waals surface area contributed by atoms with Crippen LogP contribution >= 0.6 is 0 Å². The largest absolute Gasteiger partial charge is 0.488 e. The van der Waals surface area contributed by atoms with Gasteiger partial charge in [0.2, 0.25) is 0 Å². The van der Waals surface area contributed by atoms with Crippen molar-refractivity contribution in [1.29, 1.82) is 0 Å². The number of benzene rings is 1. The van der Waals surface area contributed by atoms with Crippen LogP contribution in [0.25, 0.3) is 0 Å². The fraction of sp³-hybridized carbons (Fsp3) is 0.143. The Morgan fingerprint density at radius 1 is 1.08 bits per heavy atom. The molecule has 3 N–H and O–H groups in total. The van der Waals surface area contributed by atoms with E-state index in [1.807, 2.05) is 0 Å². The summed E-state index contributed by atoms with van der Waals surface area (Å²) in [7, 11) is -1.47. The first-order chi connectivity index (χ1) is 5.61. The molecule has 62 valence electrons. The quantitative estimate of drug-likeness (QED) is 0.451. The van der Waals surface area contributed by atoms with E-state index >= 15 is 0 Å². The molecule has 0 spiro atoms. The first kappa shape index (κ1) is 9.32. The van der Waals surface area contributed by atoms with Crippen LogP contribution in [0.3, 0.4) is 0 Å². The van der Waals surface area contributed by atoms with Crippen molar-refractivity contribution >= 4 is 25.0 Å². The number of hydrogen-bond acceptors (Lipinski definition) is 3. The summed E-state index contributed by atoms with van der Waals surface area (Å²) < 4.78 is 0. The molecule has 0 radical (unpaired) electrons. The minimum atomic E-state index is -1.47. The Bertz CT molecular complexity index is 239. The summed E-state index contributed by atoms with van der Waals surface area (Å²) in [5.41, 5.74) is 1.08. The van der Waals surface area contributed by atoms with Crippen LogP contribution in [-0.4, -0.2) is 29.1 Å². The molecule has 0 bridgehead atoms. The fourth-order valence-corrected chi connectivity index (χ4v) is 0.979. The molecule has 0 amide bonds. The second-order valence-corrected chi connectivity index (χ2v) is 2.72. The van der Waals surface area contributed by atoms with Crippen LogP contribution in [0, 0.1) is 0 Å². The van der Waals surface area contributed by atoms with Crippen LogP contribution in [0.2, 0.25) is 6.82 Å². The number of hydrogen-bond donors (Lipinski definition) is 3. The third-order valence-electron chi connectivity index (χ3n) is 1.69. The minimum Gasteiger partial charge on any atom is -0.447 e. The van der Waals surface area contributed by atoms with Gasteiger partial charge in [-0.25, -0.2) is 0 Å². The van der Waals surface area contributed by atoms with E-state index in [4.69, 9.17) is 15.1 Å². The topological polar surface area (TPSA) is 60.7 Å². The van der Waals surface area contributed by atoms with Crippen molar-refractivity contribution in [2.75, 3.05) is 0 Å². The molecule has 0 atom stereocenters. The SMILES string of the molecule is CB(O)c1cccc(B(O)O)c1. The number of rotatable bonds is 2. The molecule has 0 aliphatic carbocycles. The predicted octanol–water partition coefficient (Wildman–Crippen LogP) is -1.81. The maximum Gasteiger partial charge on any atom is 0.488 e. The molecular weight excluding hydrogens is 154 g/mol. The normalized spacial score (nSPS) is 9.67. The van der Waals surface area contributed by atoms with Gasteiger partial charge in [-0.1, -0.05) is 31.1 Å². The highest BCUT2D eigenvalue weighted by Gasteiger charge is 2.13. The van der Waals surface area contributed by atoms with Crippen molar-refractivity contribution in [2.24, 2.45) is 0 Å². The van der Waals surface area contributed by atoms with Gasteiger partial charge in [-0.2, -0.15) is 0 Å². The van der Waals surface area contributed by atoms with Crippen LogP contribution in [0.15, 0.2) is 24.3 Å². The summed E-state index contributed by atoms with van der Waals surface area (Å²) in [6.07, 6.45) is 0. The van der Waals surface area contributed by atoms with Crippen molar-refractivity contribution in [2.45, 2.75) is 6.82 Å². The summed E-state index contributed by atoms with van der Waals surface area (Å²) in [6, 6.07) is 6.57. The summed E-state index contributed by atoms with van der Waals surface area (Å²) in [5, 5.41) is 26.8. The summed E-state index contributed by atoms with van der Waals surface area (Å²) in [4.78, 5) is 0. The van der Waals surface area contributed by atoms with Crippen molar-refractivity contribution < 1.29 is 15.1 Å². The lowest BCUT2D eigenvalue weighted by Gasteiger charge is -2.03. The average Bonchev–Trinajstić information content (AvgIpc) is 2.04. The maximum atomic E-state index is 9.17. The summed E-state index contributed by atoms with van der Waals surface area (Å²) in [5.74, 6) is 0. The minimum absolute atomic E-state index is 0.397. The highest BCUT2D eigenvalue weighted by Crippen LogP contribution is 1.85. The molecule has 5 heteroatoms. The van der Waals surface area contributed by atoms with E-state index in [9.17, 15) is 0 Å². The van der Waals surface area contributed by atoms with E-state index < -0.39 is 14.0 Å². The van der Waals surface area contributed by atoms with Gasteiger partial charge >= 0.3 is 14.0 Å². The fourth-order valence-electron chi connectivity index (χ4n) is 0.979. The average molecular weight is 164 g/mol. The van der Waals surface area contributed by atoms with E-state index in [1.165, 1.54) is 0 Å². The molecule has 0 saturated carbocycles. The lowest BCUT2D eigenvalue weighted by Crippen LogP contribution is -2.36. The zero-order valence-electron chi connectivity index (χ0n) is 6.81. The lowest BCUT2D eigenvalue weighted by molar-refractivity contribution is 0.426. The summed E-state index contributed by atoms with van der Waals surface area (Å²) in [6.45, 7) is 1.05. The van der Waals surface area contributed by atoms with Gasteiger partial charge in [0.1, 0.15) is 0 Å². The maximum absolute atomic E-state index is 9.17. The first-order valence-electron chi connectivity index (χ1n) is 3.75. The summed E-state index contributed by atoms with van der Waals surface area (Å²) >= 11 is 0. The molecule has 0 unspecified atom stereocenters. The Morgan fingerprint density at radius 2 is 1.67 bits per heavy atom. The van der Waals surface area contributed by atoms with Gasteiger partial charge in [-0.15, -0.1) is 0 Å². The first-order valence-corrected chi connectivity index (χ1v) is 3.75. The second-order valence-electron chi connectivity index (χ2n) is 2.72. The molecule has 0 aromatic heterocycles. The van der Waals surface area contributed by atoms with E-state index in [2.05, 4.69) is 0 Å². The van der Waals surface area contributed by atoms with E-state index in [-0.39, 0.29) is 0 Å². The molecule has 0 aliphatic heterocycles. The highest BCUT2D eigenvalue weighted by atomic mass is 16.4. The van der Waals surface area contributed by atoms with Gasteiger partial charge < -0.3 is 15.1 Å². The highest BCUT2D eigenvalue weighted by molar-refractivity contribution is 6.66. The van der Waals surface area contributed by atoms with Gasteiger partial charge in [0.05, 0.1) is 0 Å². The third kappa shape index (κ3) is 2.11. The van der Waals surface area contributed by atoms with Gasteiger partial charge in [-0.05, 0) is 10.9 Å². The van der Waals surface area contributed by atoms with E-state index in [1.54, 1.807) is 31.1 Å². The molecule has 3 nitrogen and oxygen atoms in total. The van der Waals surface area contributed by atoms with Crippen LogP contribution in [-0.2, 0) is 0 Å². The zero-order valence-corrected chi connectivity index (χ0v) is 6.81. The van der Waals surface area contributed by atoms with Crippen LogP contribution in [0.5, 0.6) is 0 Å². The second kappa shape index (κ2) is 3.76. The van der Waals surface area contributed by atoms with Crippen LogP contribution in [0.1, 0.15) is 0 Å². The molecule has 0 fully saturated rings. The molecule has 1 aromatic rings. The molecular formula is C7H10B2O3. The predicted molar refractivity (Wildman–Crippen MR) is 49.7 cm³/mol. The van der Waals surface area contributed by atoms with E-state index in [0.29, 0.717) is 10.9 Å². The molecule has 1 rings (SSSR count). The van der Waals surface area contributed by atoms with Crippen LogP contribution < -0.4 is 10.9 Å². The Morgan fingerprint density at radius 3 is 2.17 bits per heavy atom. The van der Waals surface area contributed by atoms with Gasteiger partial charge in [0.25, 0.3) is 0 Å². The van der Waals surface area contributed by atoms with Crippen LogP contribution in [0.4, 0.5) is 0 Å². The molecule has 0 saturated heterocycles. The smallest absolute Gasteiger partial charge is 0.447 e. The third-order valence-corrected chi connectivity index (χ3v) is 1.69. The van der Waals surface area contributed by atoms with Crippen molar-refractivity contribution in [1.82, 2.24) is 0 Å². The Hall–Kier alpha value is -0.770. The Balaban J connectivity index is 2.96. The zero-order chi connectivity index (χ0) is 9.14. The lowest BCUT2D eigenvalue weighted by atomic mass is 9.62. The molecule has 0 heterocycles. The van der Waals surface area contributed by atoms with Crippen molar-refractivity contribution in [3.63, 3.8) is 0 Å². The van der Waals surface area contributed by atoms with Crippen molar-refractivity contribution in [3.8, 4) is 0 Å². The van der Waals surface area contributed by atoms with Crippen molar-refractivity contribution in [3.05, 3.63) is 24.3 Å². The standard InChI is InChI=1S/C7H10B2O3/c1-8(10)6-3-2-4-7(5-6)9(11)12/h2-5,10-12H,1H3. The monoisotopic (exact) mass is 164 g/mol. The molecule has 1 aromatic carbocycles. The Labute approximate surface area is 71.9 Å². The van der Waals surface area contributed by atoms with Gasteiger partial charge in [0, 0.05) is 0 Å².